The van der Waals surface area contributed by atoms with Gasteiger partial charge in [-0.1, -0.05) is 0 Å². The molecule has 1 atom stereocenters. The number of carbonyl (C=O) groups is 1. The van der Waals surface area contributed by atoms with Crippen molar-refractivity contribution in [2.24, 2.45) is 0 Å². The zero-order valence-corrected chi connectivity index (χ0v) is 13.7. The number of amides is 1. The maximum atomic E-state index is 12.1. The highest BCUT2D eigenvalue weighted by molar-refractivity contribution is 7.89. The highest BCUT2D eigenvalue weighted by Gasteiger charge is 2.16. The van der Waals surface area contributed by atoms with E-state index in [0.717, 1.165) is 0 Å². The molecule has 130 valence electrons. The Labute approximate surface area is 135 Å². The molecule has 0 spiro atoms. The summed E-state index contributed by atoms with van der Waals surface area (Å²) in [6.45, 7) is 2.03. The molecule has 0 heterocycles. The summed E-state index contributed by atoms with van der Waals surface area (Å²) in [6, 6.07) is 5.34. The lowest BCUT2D eigenvalue weighted by molar-refractivity contribution is 0.0456. The first-order valence-electron chi connectivity index (χ1n) is 7.15. The van der Waals surface area contributed by atoms with Gasteiger partial charge in [-0.3, -0.25) is 4.79 Å². The predicted octanol–water partition coefficient (Wildman–Crippen LogP) is -0.916. The molecule has 9 heteroatoms. The average molecular weight is 346 g/mol. The molecule has 1 aromatic rings. The molecule has 0 aromatic heterocycles. The van der Waals surface area contributed by atoms with E-state index in [4.69, 9.17) is 9.84 Å². The molecule has 0 aliphatic heterocycles. The molecule has 8 nitrogen and oxygen atoms in total. The van der Waals surface area contributed by atoms with Gasteiger partial charge in [0.05, 0.1) is 24.2 Å². The molecule has 23 heavy (non-hydrogen) atoms. The van der Waals surface area contributed by atoms with Gasteiger partial charge in [-0.05, 0) is 31.2 Å². The van der Waals surface area contributed by atoms with Crippen LogP contribution in [0.3, 0.4) is 0 Å². The lowest BCUT2D eigenvalue weighted by atomic mass is 10.2. The van der Waals surface area contributed by atoms with Gasteiger partial charge < -0.3 is 20.3 Å². The van der Waals surface area contributed by atoms with Gasteiger partial charge in [-0.2, -0.15) is 0 Å². The van der Waals surface area contributed by atoms with Crippen molar-refractivity contribution in [2.45, 2.75) is 17.9 Å². The summed E-state index contributed by atoms with van der Waals surface area (Å²) in [7, 11) is -3.78. The number of hydrogen-bond donors (Lipinski definition) is 4. The van der Waals surface area contributed by atoms with E-state index in [1.165, 1.54) is 24.3 Å². The maximum Gasteiger partial charge on any atom is 0.251 e. The molecule has 0 bridgehead atoms. The van der Waals surface area contributed by atoms with E-state index in [9.17, 15) is 18.3 Å². The number of rotatable bonds is 10. The second-order valence-corrected chi connectivity index (χ2v) is 6.44. The van der Waals surface area contributed by atoms with Crippen molar-refractivity contribution in [1.82, 2.24) is 10.0 Å². The molecule has 0 saturated heterocycles. The number of ether oxygens (including phenoxy) is 1. The number of hydrogen-bond acceptors (Lipinski definition) is 6. The van der Waals surface area contributed by atoms with Gasteiger partial charge in [0, 0.05) is 25.3 Å². The first-order chi connectivity index (χ1) is 10.9. The monoisotopic (exact) mass is 346 g/mol. The van der Waals surface area contributed by atoms with Gasteiger partial charge in [0.15, 0.2) is 0 Å². The van der Waals surface area contributed by atoms with Crippen LogP contribution in [0.1, 0.15) is 17.3 Å². The summed E-state index contributed by atoms with van der Waals surface area (Å²) in [4.78, 5) is 11.6. The minimum Gasteiger partial charge on any atom is -0.395 e. The Morgan fingerprint density at radius 2 is 1.96 bits per heavy atom. The predicted molar refractivity (Wildman–Crippen MR) is 83.5 cm³/mol. The first-order valence-corrected chi connectivity index (χ1v) is 8.63. The first kappa shape index (κ1) is 19.5. The smallest absolute Gasteiger partial charge is 0.251 e. The van der Waals surface area contributed by atoms with Crippen LogP contribution in [0.25, 0.3) is 0 Å². The van der Waals surface area contributed by atoms with Crippen LogP contribution in [0.2, 0.25) is 0 Å². The summed E-state index contributed by atoms with van der Waals surface area (Å²) in [5, 5.41) is 20.7. The maximum absolute atomic E-state index is 12.1. The Hall–Kier alpha value is -1.52. The van der Waals surface area contributed by atoms with E-state index in [-0.39, 0.29) is 36.8 Å². The molecule has 0 aliphatic carbocycles. The molecule has 1 aromatic carbocycles. The zero-order valence-electron chi connectivity index (χ0n) is 12.9. The Morgan fingerprint density at radius 1 is 1.30 bits per heavy atom. The minimum atomic E-state index is -3.78. The third kappa shape index (κ3) is 6.63. The number of sulfonamides is 1. The van der Waals surface area contributed by atoms with Crippen LogP contribution in [0, 0.1) is 0 Å². The molecular formula is C14H22N2O6S. The summed E-state index contributed by atoms with van der Waals surface area (Å²) in [5.41, 5.74) is 0.286. The number of aliphatic hydroxyl groups excluding tert-OH is 2. The van der Waals surface area contributed by atoms with Gasteiger partial charge in [-0.25, -0.2) is 13.1 Å². The Bertz CT molecular complexity index is 588. The van der Waals surface area contributed by atoms with Gasteiger partial charge in [0.2, 0.25) is 10.0 Å². The van der Waals surface area contributed by atoms with Crippen LogP contribution >= 0.6 is 0 Å². The third-order valence-electron chi connectivity index (χ3n) is 2.85. The second-order valence-electron chi connectivity index (χ2n) is 4.67. The molecule has 0 unspecified atom stereocenters. The normalized spacial score (nSPS) is 12.8. The average Bonchev–Trinajstić information content (AvgIpc) is 2.56. The summed E-state index contributed by atoms with van der Waals surface area (Å²) in [5.74, 6) is -0.400. The van der Waals surface area contributed by atoms with Gasteiger partial charge in [0.1, 0.15) is 0 Å². The number of benzene rings is 1. The molecule has 1 rings (SSSR count). The van der Waals surface area contributed by atoms with Crippen molar-refractivity contribution in [3.05, 3.63) is 29.8 Å². The quantitative estimate of drug-likeness (QED) is 0.434. The number of nitrogens with one attached hydrogen (secondary N) is 2. The lowest BCUT2D eigenvalue weighted by Crippen LogP contribution is -2.34. The van der Waals surface area contributed by atoms with Crippen LogP contribution in [-0.2, 0) is 14.8 Å². The SMILES string of the molecule is CCOC[C@@H](O)CNS(=O)(=O)c1ccc(C(=O)NCCO)cc1. The molecule has 0 fully saturated rings. The largest absolute Gasteiger partial charge is 0.395 e. The van der Waals surface area contributed by atoms with Crippen molar-refractivity contribution in [1.29, 1.82) is 0 Å². The number of carbonyl (C=O) groups excluding carboxylic acids is 1. The van der Waals surface area contributed by atoms with Crippen molar-refractivity contribution in [3.63, 3.8) is 0 Å². The minimum absolute atomic E-state index is 0.0141. The van der Waals surface area contributed by atoms with Crippen molar-refractivity contribution in [2.75, 3.05) is 32.9 Å². The Kier molecular flexibility index (Phi) is 8.13. The van der Waals surface area contributed by atoms with E-state index >= 15 is 0 Å². The van der Waals surface area contributed by atoms with Gasteiger partial charge in [-0.15, -0.1) is 0 Å². The van der Waals surface area contributed by atoms with E-state index in [2.05, 4.69) is 10.0 Å². The second kappa shape index (κ2) is 9.58. The van der Waals surface area contributed by atoms with Gasteiger partial charge in [0.25, 0.3) is 5.91 Å². The topological polar surface area (TPSA) is 125 Å². The fourth-order valence-corrected chi connectivity index (χ4v) is 2.73. The highest BCUT2D eigenvalue weighted by atomic mass is 32.2. The molecule has 0 saturated carbocycles. The van der Waals surface area contributed by atoms with Crippen LogP contribution in [0.15, 0.2) is 29.2 Å². The van der Waals surface area contributed by atoms with Crippen LogP contribution < -0.4 is 10.0 Å². The van der Waals surface area contributed by atoms with E-state index in [1.54, 1.807) is 6.92 Å². The van der Waals surface area contributed by atoms with E-state index in [1.807, 2.05) is 0 Å². The van der Waals surface area contributed by atoms with Crippen molar-refractivity contribution < 1.29 is 28.2 Å². The molecule has 4 N–H and O–H groups in total. The Balaban J connectivity index is 2.65. The highest BCUT2D eigenvalue weighted by Crippen LogP contribution is 2.10. The van der Waals surface area contributed by atoms with Crippen LogP contribution in [-0.4, -0.2) is 63.6 Å². The molecule has 0 radical (unpaired) electrons. The standard InChI is InChI=1S/C14H22N2O6S/c1-2-22-10-12(18)9-16-23(20,21)13-5-3-11(4-6-13)14(19)15-7-8-17/h3-6,12,16-18H,2,7-10H2,1H3,(H,15,19)/t12-/m0/s1. The number of aliphatic hydroxyl groups is 2. The summed E-state index contributed by atoms with van der Waals surface area (Å²) in [6.07, 6.45) is -0.937. The van der Waals surface area contributed by atoms with Crippen molar-refractivity contribution in [3.8, 4) is 0 Å². The summed E-state index contributed by atoms with van der Waals surface area (Å²) < 4.78 is 31.4. The molecular weight excluding hydrogens is 324 g/mol. The van der Waals surface area contributed by atoms with Crippen LogP contribution in [0.5, 0.6) is 0 Å². The fourth-order valence-electron chi connectivity index (χ4n) is 1.66. The van der Waals surface area contributed by atoms with Crippen LogP contribution in [0.4, 0.5) is 0 Å². The van der Waals surface area contributed by atoms with E-state index < -0.39 is 22.0 Å². The molecule has 0 aliphatic rings. The zero-order chi connectivity index (χ0) is 17.3. The van der Waals surface area contributed by atoms with E-state index in [0.29, 0.717) is 6.61 Å². The summed E-state index contributed by atoms with van der Waals surface area (Å²) >= 11 is 0. The van der Waals surface area contributed by atoms with Gasteiger partial charge >= 0.3 is 0 Å². The Morgan fingerprint density at radius 3 is 2.52 bits per heavy atom. The third-order valence-corrected chi connectivity index (χ3v) is 4.29. The molecule has 1 amide bonds. The fraction of sp³-hybridized carbons (Fsp3) is 0.500. The van der Waals surface area contributed by atoms with Crippen molar-refractivity contribution >= 4 is 15.9 Å². The lowest BCUT2D eigenvalue weighted by Gasteiger charge is -2.12.